The van der Waals surface area contributed by atoms with Gasteiger partial charge in [0, 0.05) is 20.3 Å². The van der Waals surface area contributed by atoms with Crippen LogP contribution in [0.1, 0.15) is 17.5 Å². The predicted molar refractivity (Wildman–Crippen MR) is 72.4 cm³/mol. The largest absolute Gasteiger partial charge is 0.385 e. The number of amides is 1. The number of methoxy groups -OCH3 is 1. The molecule has 0 spiro atoms. The van der Waals surface area contributed by atoms with Crippen molar-refractivity contribution in [3.8, 4) is 0 Å². The number of carbonyl (C=O) groups is 1. The molecular weight excluding hydrogens is 228 g/mol. The highest BCUT2D eigenvalue weighted by molar-refractivity contribution is 5.77. The van der Waals surface area contributed by atoms with Crippen molar-refractivity contribution in [2.24, 2.45) is 0 Å². The zero-order valence-corrected chi connectivity index (χ0v) is 11.2. The Bertz CT molecular complexity index is 367. The van der Waals surface area contributed by atoms with Crippen LogP contribution in [0.2, 0.25) is 0 Å². The summed E-state index contributed by atoms with van der Waals surface area (Å²) < 4.78 is 4.92. The van der Waals surface area contributed by atoms with Crippen molar-refractivity contribution < 1.29 is 9.53 Å². The first kappa shape index (κ1) is 14.7. The summed E-state index contributed by atoms with van der Waals surface area (Å²) in [7, 11) is 1.68. The number of aryl methyl sites for hydroxylation is 1. The lowest BCUT2D eigenvalue weighted by molar-refractivity contribution is -0.120. The second kappa shape index (κ2) is 8.66. The third-order valence-electron chi connectivity index (χ3n) is 2.56. The van der Waals surface area contributed by atoms with Gasteiger partial charge < -0.3 is 15.4 Å². The van der Waals surface area contributed by atoms with E-state index in [9.17, 15) is 4.79 Å². The van der Waals surface area contributed by atoms with Gasteiger partial charge in [-0.05, 0) is 25.5 Å². The van der Waals surface area contributed by atoms with E-state index in [2.05, 4.69) is 16.7 Å². The molecule has 0 radical (unpaired) electrons. The van der Waals surface area contributed by atoms with E-state index in [4.69, 9.17) is 4.74 Å². The van der Waals surface area contributed by atoms with Gasteiger partial charge in [0.2, 0.25) is 5.91 Å². The molecule has 2 N–H and O–H groups in total. The van der Waals surface area contributed by atoms with Gasteiger partial charge in [-0.1, -0.05) is 29.8 Å². The van der Waals surface area contributed by atoms with Crippen LogP contribution in [0.4, 0.5) is 0 Å². The fourth-order valence-electron chi connectivity index (χ4n) is 1.63. The van der Waals surface area contributed by atoms with Gasteiger partial charge in [0.15, 0.2) is 0 Å². The second-order valence-corrected chi connectivity index (χ2v) is 4.29. The maximum Gasteiger partial charge on any atom is 0.234 e. The number of nitrogens with one attached hydrogen (secondary N) is 2. The summed E-state index contributed by atoms with van der Waals surface area (Å²) in [5.41, 5.74) is 2.34. The second-order valence-electron chi connectivity index (χ2n) is 4.29. The van der Waals surface area contributed by atoms with Crippen molar-refractivity contribution in [1.82, 2.24) is 10.6 Å². The first-order valence-corrected chi connectivity index (χ1v) is 6.24. The normalized spacial score (nSPS) is 10.3. The van der Waals surface area contributed by atoms with Crippen LogP contribution < -0.4 is 10.6 Å². The van der Waals surface area contributed by atoms with Crippen LogP contribution in [0.15, 0.2) is 24.3 Å². The molecule has 0 aliphatic rings. The fraction of sp³-hybridized carbons (Fsp3) is 0.500. The number of rotatable bonds is 8. The number of benzene rings is 1. The lowest BCUT2D eigenvalue weighted by Crippen LogP contribution is -2.34. The Kier molecular flexibility index (Phi) is 7.06. The molecule has 1 aromatic rings. The monoisotopic (exact) mass is 250 g/mol. The van der Waals surface area contributed by atoms with E-state index in [1.165, 1.54) is 5.56 Å². The number of hydrogen-bond acceptors (Lipinski definition) is 3. The third-order valence-corrected chi connectivity index (χ3v) is 2.56. The van der Waals surface area contributed by atoms with Crippen LogP contribution in [0.25, 0.3) is 0 Å². The number of carbonyl (C=O) groups excluding carboxylic acids is 1. The molecule has 0 aliphatic heterocycles. The van der Waals surface area contributed by atoms with Crippen molar-refractivity contribution in [3.05, 3.63) is 35.4 Å². The van der Waals surface area contributed by atoms with Crippen LogP contribution in [-0.2, 0) is 16.1 Å². The average molecular weight is 250 g/mol. The van der Waals surface area contributed by atoms with Crippen LogP contribution in [0.3, 0.4) is 0 Å². The van der Waals surface area contributed by atoms with Crippen molar-refractivity contribution in [3.63, 3.8) is 0 Å². The summed E-state index contributed by atoms with van der Waals surface area (Å²) in [5.74, 6) is 0.0222. The first-order chi connectivity index (χ1) is 8.72. The van der Waals surface area contributed by atoms with Crippen LogP contribution >= 0.6 is 0 Å². The molecule has 0 fully saturated rings. The summed E-state index contributed by atoms with van der Waals surface area (Å²) in [4.78, 5) is 11.5. The lowest BCUT2D eigenvalue weighted by Gasteiger charge is -2.07. The van der Waals surface area contributed by atoms with Gasteiger partial charge in [-0.25, -0.2) is 0 Å². The minimum Gasteiger partial charge on any atom is -0.385 e. The highest BCUT2D eigenvalue weighted by Gasteiger charge is 2.00. The molecule has 0 saturated carbocycles. The molecule has 0 heterocycles. The average Bonchev–Trinajstić information content (AvgIpc) is 2.36. The van der Waals surface area contributed by atoms with Crippen LogP contribution in [0.5, 0.6) is 0 Å². The van der Waals surface area contributed by atoms with E-state index in [0.29, 0.717) is 13.1 Å². The van der Waals surface area contributed by atoms with Gasteiger partial charge in [0.25, 0.3) is 0 Å². The van der Waals surface area contributed by atoms with Crippen molar-refractivity contribution in [2.75, 3.05) is 26.8 Å². The van der Waals surface area contributed by atoms with E-state index >= 15 is 0 Å². The van der Waals surface area contributed by atoms with Gasteiger partial charge >= 0.3 is 0 Å². The molecule has 4 heteroatoms. The molecule has 0 unspecified atom stereocenters. The summed E-state index contributed by atoms with van der Waals surface area (Å²) in [6.07, 6.45) is 0.918. The SMILES string of the molecule is COCCCNCC(=O)NCc1cccc(C)c1. The highest BCUT2D eigenvalue weighted by Crippen LogP contribution is 2.02. The first-order valence-electron chi connectivity index (χ1n) is 6.24. The Morgan fingerprint density at radius 3 is 2.94 bits per heavy atom. The molecule has 18 heavy (non-hydrogen) atoms. The lowest BCUT2D eigenvalue weighted by atomic mass is 10.1. The smallest absolute Gasteiger partial charge is 0.234 e. The Labute approximate surface area is 109 Å². The summed E-state index contributed by atoms with van der Waals surface area (Å²) in [6.45, 7) is 4.50. The maximum absolute atomic E-state index is 11.5. The van der Waals surface area contributed by atoms with E-state index in [1.54, 1.807) is 7.11 Å². The molecule has 1 amide bonds. The van der Waals surface area contributed by atoms with Crippen molar-refractivity contribution in [2.45, 2.75) is 19.9 Å². The predicted octanol–water partition coefficient (Wildman–Crippen LogP) is 1.24. The van der Waals surface area contributed by atoms with Gasteiger partial charge in [-0.15, -0.1) is 0 Å². The Morgan fingerprint density at radius 2 is 2.22 bits per heavy atom. The number of ether oxygens (including phenoxy) is 1. The molecule has 0 saturated heterocycles. The molecule has 0 aliphatic carbocycles. The maximum atomic E-state index is 11.5. The Morgan fingerprint density at radius 1 is 1.39 bits per heavy atom. The summed E-state index contributed by atoms with van der Waals surface area (Å²) >= 11 is 0. The minimum absolute atomic E-state index is 0.0222. The van der Waals surface area contributed by atoms with E-state index in [0.717, 1.165) is 25.1 Å². The molecule has 0 aromatic heterocycles. The standard InChI is InChI=1S/C14H22N2O2/c1-12-5-3-6-13(9-12)10-16-14(17)11-15-7-4-8-18-2/h3,5-6,9,15H,4,7-8,10-11H2,1-2H3,(H,16,17). The number of hydrogen-bond donors (Lipinski definition) is 2. The third kappa shape index (κ3) is 6.37. The van der Waals surface area contributed by atoms with Crippen molar-refractivity contribution in [1.29, 1.82) is 0 Å². The zero-order valence-electron chi connectivity index (χ0n) is 11.2. The quantitative estimate of drug-likeness (QED) is 0.682. The minimum atomic E-state index is 0.0222. The topological polar surface area (TPSA) is 50.4 Å². The fourth-order valence-corrected chi connectivity index (χ4v) is 1.63. The van der Waals surface area contributed by atoms with Gasteiger partial charge in [0.1, 0.15) is 0 Å². The highest BCUT2D eigenvalue weighted by atomic mass is 16.5. The van der Waals surface area contributed by atoms with Gasteiger partial charge in [0.05, 0.1) is 6.54 Å². The zero-order chi connectivity index (χ0) is 13.2. The molecular formula is C14H22N2O2. The molecule has 4 nitrogen and oxygen atoms in total. The Hall–Kier alpha value is -1.39. The van der Waals surface area contributed by atoms with E-state index in [-0.39, 0.29) is 5.91 Å². The van der Waals surface area contributed by atoms with Gasteiger partial charge in [-0.2, -0.15) is 0 Å². The molecule has 0 bridgehead atoms. The van der Waals surface area contributed by atoms with Crippen LogP contribution in [-0.4, -0.2) is 32.7 Å². The van der Waals surface area contributed by atoms with Crippen molar-refractivity contribution >= 4 is 5.91 Å². The summed E-state index contributed by atoms with van der Waals surface area (Å²) in [5, 5.41) is 5.96. The van der Waals surface area contributed by atoms with Gasteiger partial charge in [-0.3, -0.25) is 4.79 Å². The molecule has 100 valence electrons. The molecule has 1 aromatic carbocycles. The van der Waals surface area contributed by atoms with Crippen LogP contribution in [0, 0.1) is 6.92 Å². The van der Waals surface area contributed by atoms with E-state index in [1.807, 2.05) is 25.1 Å². The summed E-state index contributed by atoms with van der Waals surface area (Å²) in [6, 6.07) is 8.13. The molecule has 1 rings (SSSR count). The van der Waals surface area contributed by atoms with E-state index < -0.39 is 0 Å². The molecule has 0 atom stereocenters. The Balaban J connectivity index is 2.13.